The second-order valence-electron chi connectivity index (χ2n) is 16.5. The van der Waals surface area contributed by atoms with Gasteiger partial charge in [0.1, 0.15) is 11.6 Å². The second kappa shape index (κ2) is 17.4. The van der Waals surface area contributed by atoms with Gasteiger partial charge in [0, 0.05) is 45.5 Å². The molecule has 0 atom stereocenters. The molecule has 14 nitrogen and oxygen atoms in total. The SMILES string of the molecule is CC(C)(C)[Si](C)(C)Cl.CCC(=O)Cn1c(=O)c2c(n(C)c1=O)N=C(CO)C2.CCC(=O)Cn1c(=O)c2c(n(C)c1=O)N=C(CO[Si](C)(C)C(C)(C)C)C2. The zero-order chi connectivity index (χ0) is 41.0. The molecule has 17 heteroatoms. The lowest BCUT2D eigenvalue weighted by Gasteiger charge is -2.36. The number of ketones is 2. The predicted molar refractivity (Wildman–Crippen MR) is 217 cm³/mol. The average Bonchev–Trinajstić information content (AvgIpc) is 3.70. The van der Waals surface area contributed by atoms with Crippen LogP contribution in [0.2, 0.25) is 36.3 Å². The number of nitrogens with zero attached hydrogens (tertiary/aromatic N) is 6. The van der Waals surface area contributed by atoms with E-state index in [1.807, 2.05) is 0 Å². The van der Waals surface area contributed by atoms with Gasteiger partial charge in [-0.15, -0.1) is 0 Å². The maximum Gasteiger partial charge on any atom is 0.332 e. The van der Waals surface area contributed by atoms with Gasteiger partial charge in [-0.25, -0.2) is 19.6 Å². The molecule has 4 heterocycles. The fraction of sp³-hybridized carbons (Fsp3) is 0.667. The molecule has 0 aromatic carbocycles. The Labute approximate surface area is 318 Å². The van der Waals surface area contributed by atoms with Crippen molar-refractivity contribution < 1.29 is 19.1 Å². The van der Waals surface area contributed by atoms with E-state index in [1.54, 1.807) is 20.9 Å². The number of aliphatic hydroxyl groups is 1. The first kappa shape index (κ1) is 45.8. The van der Waals surface area contributed by atoms with Crippen LogP contribution in [0.3, 0.4) is 0 Å². The molecule has 2 aliphatic rings. The summed E-state index contributed by atoms with van der Waals surface area (Å²) in [5, 5.41) is 9.49. The largest absolute Gasteiger partial charge is 0.411 e. The molecule has 4 rings (SSSR count). The molecule has 0 amide bonds. The van der Waals surface area contributed by atoms with Crippen LogP contribution in [0.5, 0.6) is 0 Å². The van der Waals surface area contributed by atoms with Gasteiger partial charge >= 0.3 is 11.4 Å². The Morgan fingerprint density at radius 2 is 1.09 bits per heavy atom. The number of carbonyl (C=O) groups excluding carboxylic acids is 2. The standard InChI is InChI=1S/C18H29N3O4Si.C12H15N3O4.C6H15ClSi/c1-8-13(22)10-21-16(23)14-9-12(19-15(14)20(5)17(21)24)11-25-26(6,7)18(2,3)4;1-3-8(17)5-15-11(18)9-4-7(6-16)13-10(9)14(2)12(15)19;1-6(2,3)8(4,5)7/h8-11H2,1-7H3;16H,3-6H2,1-2H3;1-5H3. The summed E-state index contributed by atoms with van der Waals surface area (Å²) in [6.45, 7) is 24.9. The van der Waals surface area contributed by atoms with E-state index in [0.29, 0.717) is 40.7 Å². The van der Waals surface area contributed by atoms with Gasteiger partial charge in [-0.05, 0) is 23.2 Å². The molecule has 0 bridgehead atoms. The minimum atomic E-state index is -1.93. The third kappa shape index (κ3) is 10.9. The number of hydrogen-bond acceptors (Lipinski definition) is 10. The van der Waals surface area contributed by atoms with E-state index in [9.17, 15) is 28.8 Å². The Balaban J connectivity index is 0.000000314. The normalized spacial score (nSPS) is 14.0. The number of rotatable bonds is 10. The van der Waals surface area contributed by atoms with E-state index in [4.69, 9.17) is 20.6 Å². The third-order valence-corrected chi connectivity index (χ3v) is 20.1. The molecule has 0 saturated carbocycles. The Hall–Kier alpha value is -3.32. The monoisotopic (exact) mass is 794 g/mol. The van der Waals surface area contributed by atoms with Gasteiger partial charge < -0.3 is 9.53 Å². The summed E-state index contributed by atoms with van der Waals surface area (Å²) in [6.07, 6.45) is 1.14. The lowest BCUT2D eigenvalue weighted by Crippen LogP contribution is -2.42. The molecule has 2 aromatic rings. The molecule has 0 aliphatic carbocycles. The van der Waals surface area contributed by atoms with Crippen LogP contribution in [0.4, 0.5) is 11.6 Å². The highest BCUT2D eigenvalue weighted by Gasteiger charge is 2.38. The molecule has 0 spiro atoms. The Morgan fingerprint density at radius 3 is 1.42 bits per heavy atom. The molecule has 296 valence electrons. The minimum Gasteiger partial charge on any atom is -0.411 e. The molecule has 1 N–H and O–H groups in total. The van der Waals surface area contributed by atoms with Crippen LogP contribution in [0, 0.1) is 0 Å². The van der Waals surface area contributed by atoms with E-state index in [2.05, 4.69) is 77.7 Å². The number of aliphatic imine (C=N–C) groups is 2. The number of aliphatic hydroxyl groups excluding tert-OH is 1. The highest BCUT2D eigenvalue weighted by Crippen LogP contribution is 2.38. The van der Waals surface area contributed by atoms with Crippen LogP contribution in [0.1, 0.15) is 79.4 Å². The van der Waals surface area contributed by atoms with Crippen molar-refractivity contribution in [1.82, 2.24) is 18.3 Å². The van der Waals surface area contributed by atoms with Gasteiger partial charge in [-0.3, -0.25) is 37.4 Å². The number of aromatic nitrogens is 4. The summed E-state index contributed by atoms with van der Waals surface area (Å²) in [6, 6.07) is 0. The summed E-state index contributed by atoms with van der Waals surface area (Å²) in [5.41, 5.74) is 0.0282. The average molecular weight is 796 g/mol. The fourth-order valence-electron chi connectivity index (χ4n) is 4.53. The van der Waals surface area contributed by atoms with Crippen molar-refractivity contribution in [2.24, 2.45) is 24.1 Å². The molecular formula is C36H59ClN6O8Si2. The maximum absolute atomic E-state index is 12.7. The Kier molecular flexibility index (Phi) is 15.1. The van der Waals surface area contributed by atoms with E-state index < -0.39 is 38.2 Å². The van der Waals surface area contributed by atoms with Crippen molar-refractivity contribution in [2.75, 3.05) is 13.2 Å². The second-order valence-corrected chi connectivity index (χ2v) is 28.6. The topological polar surface area (TPSA) is 176 Å². The van der Waals surface area contributed by atoms with Crippen LogP contribution in [-0.4, -0.2) is 75.3 Å². The number of Topliss-reactive ketones (excluding diaryl/α,β-unsaturated/α-hetero) is 2. The van der Waals surface area contributed by atoms with E-state index >= 15 is 0 Å². The number of fused-ring (bicyclic) bond motifs is 2. The van der Waals surface area contributed by atoms with E-state index in [0.717, 1.165) is 14.8 Å². The van der Waals surface area contributed by atoms with Crippen LogP contribution in [0.15, 0.2) is 29.2 Å². The van der Waals surface area contributed by atoms with Crippen molar-refractivity contribution in [3.05, 3.63) is 52.8 Å². The molecule has 0 unspecified atom stereocenters. The van der Waals surface area contributed by atoms with Crippen molar-refractivity contribution in [3.63, 3.8) is 0 Å². The van der Waals surface area contributed by atoms with Crippen LogP contribution >= 0.6 is 11.1 Å². The van der Waals surface area contributed by atoms with Crippen LogP contribution in [-0.2, 0) is 54.0 Å². The van der Waals surface area contributed by atoms with Crippen molar-refractivity contribution >= 4 is 61.4 Å². The maximum atomic E-state index is 12.7. The van der Waals surface area contributed by atoms with Gasteiger partial charge in [0.15, 0.2) is 27.3 Å². The lowest BCUT2D eigenvalue weighted by atomic mass is 10.2. The highest BCUT2D eigenvalue weighted by atomic mass is 35.6. The lowest BCUT2D eigenvalue weighted by molar-refractivity contribution is -0.120. The van der Waals surface area contributed by atoms with E-state index in [-0.39, 0.29) is 61.4 Å². The van der Waals surface area contributed by atoms with Gasteiger partial charge in [0.25, 0.3) is 11.1 Å². The number of halogens is 1. The van der Waals surface area contributed by atoms with Gasteiger partial charge in [-0.2, -0.15) is 11.1 Å². The van der Waals surface area contributed by atoms with Crippen molar-refractivity contribution in [2.45, 2.75) is 130 Å². The first-order valence-corrected chi connectivity index (χ1v) is 24.8. The summed E-state index contributed by atoms with van der Waals surface area (Å²) in [7, 11) is -0.240. The highest BCUT2D eigenvalue weighted by molar-refractivity contribution is 7.20. The third-order valence-electron chi connectivity index (χ3n) is 10.3. The number of hydrogen-bond donors (Lipinski definition) is 1. The molecule has 0 saturated heterocycles. The molecule has 53 heavy (non-hydrogen) atoms. The van der Waals surface area contributed by atoms with E-state index in [1.165, 1.54) is 16.2 Å². The predicted octanol–water partition coefficient (Wildman–Crippen LogP) is 4.55. The van der Waals surface area contributed by atoms with Crippen molar-refractivity contribution in [1.29, 1.82) is 0 Å². The smallest absolute Gasteiger partial charge is 0.332 e. The zero-order valence-corrected chi connectivity index (χ0v) is 36.8. The summed E-state index contributed by atoms with van der Waals surface area (Å²) >= 11 is 6.15. The fourth-order valence-corrected chi connectivity index (χ4v) is 5.49. The quantitative estimate of drug-likeness (QED) is 0.269. The van der Waals surface area contributed by atoms with Crippen LogP contribution < -0.4 is 22.5 Å². The summed E-state index contributed by atoms with van der Waals surface area (Å²) < 4.78 is 10.7. The Morgan fingerprint density at radius 1 is 0.736 bits per heavy atom. The molecule has 2 aromatic heterocycles. The van der Waals surface area contributed by atoms with Gasteiger partial charge in [0.05, 0.1) is 43.1 Å². The first-order valence-electron chi connectivity index (χ1n) is 17.9. The number of carbonyl (C=O) groups is 2. The van der Waals surface area contributed by atoms with Gasteiger partial charge in [0.2, 0.25) is 0 Å². The Bertz CT molecular complexity index is 2010. The molecule has 0 fully saturated rings. The van der Waals surface area contributed by atoms with Crippen molar-refractivity contribution in [3.8, 4) is 0 Å². The minimum absolute atomic E-state index is 0.0824. The molecule has 0 radical (unpaired) electrons. The van der Waals surface area contributed by atoms with Gasteiger partial charge in [-0.1, -0.05) is 68.5 Å². The molecular weight excluding hydrogens is 736 g/mol. The summed E-state index contributed by atoms with van der Waals surface area (Å²) in [4.78, 5) is 81.0. The molecule has 2 aliphatic heterocycles. The summed E-state index contributed by atoms with van der Waals surface area (Å²) in [5.74, 6) is 0.332. The zero-order valence-electron chi connectivity index (χ0n) is 34.0. The first-order chi connectivity index (χ1) is 24.1. The van der Waals surface area contributed by atoms with Crippen LogP contribution in [0.25, 0.3) is 0 Å².